The van der Waals surface area contributed by atoms with Crippen LogP contribution in [0.15, 0.2) is 56.8 Å². The molecule has 0 unspecified atom stereocenters. The molecule has 8 nitrogen and oxygen atoms in total. The molecule has 3 aromatic rings. The van der Waals surface area contributed by atoms with Crippen LogP contribution in [0.5, 0.6) is 11.5 Å². The molecule has 0 atom stereocenters. The normalized spacial score (nSPS) is 16.9. The highest BCUT2D eigenvalue weighted by atomic mass is 35.5. The molecule has 1 aromatic heterocycles. The lowest BCUT2D eigenvalue weighted by molar-refractivity contribution is 0.171. The van der Waals surface area contributed by atoms with E-state index in [9.17, 15) is 8.42 Å². The van der Waals surface area contributed by atoms with E-state index >= 15 is 0 Å². The van der Waals surface area contributed by atoms with E-state index in [1.165, 1.54) is 12.1 Å². The molecule has 2 aromatic carbocycles. The maximum Gasteiger partial charge on any atom is 0.236 e. The Morgan fingerprint density at radius 1 is 0.938 bits per heavy atom. The first kappa shape index (κ1) is 21.1. The Hall–Kier alpha value is -2.75. The van der Waals surface area contributed by atoms with Crippen molar-refractivity contribution >= 4 is 27.3 Å². The van der Waals surface area contributed by atoms with Gasteiger partial charge < -0.3 is 23.7 Å². The van der Waals surface area contributed by atoms with E-state index in [0.29, 0.717) is 48.4 Å². The number of benzene rings is 2. The molecule has 1 fully saturated rings. The zero-order valence-corrected chi connectivity index (χ0v) is 19.0. The minimum absolute atomic E-state index is 0.0769. The molecule has 0 aliphatic carbocycles. The van der Waals surface area contributed by atoms with Gasteiger partial charge in [-0.05, 0) is 43.4 Å². The van der Waals surface area contributed by atoms with Crippen LogP contribution >= 0.6 is 11.6 Å². The topological polar surface area (TPSA) is 85.1 Å². The molecule has 0 radical (unpaired) electrons. The number of oxazole rings is 1. The minimum atomic E-state index is -3.98. The lowest BCUT2D eigenvalue weighted by Crippen LogP contribution is -2.44. The van der Waals surface area contributed by atoms with E-state index in [0.717, 1.165) is 13.1 Å². The van der Waals surface area contributed by atoms with E-state index in [4.69, 9.17) is 25.5 Å². The van der Waals surface area contributed by atoms with Gasteiger partial charge >= 0.3 is 0 Å². The summed E-state index contributed by atoms with van der Waals surface area (Å²) in [5.41, 5.74) is 0.647. The Kier molecular flexibility index (Phi) is 5.48. The lowest BCUT2D eigenvalue weighted by atomic mass is 10.2. The Morgan fingerprint density at radius 3 is 2.34 bits per heavy atom. The molecule has 168 valence electrons. The second kappa shape index (κ2) is 8.31. The van der Waals surface area contributed by atoms with Crippen LogP contribution in [0.1, 0.15) is 0 Å². The van der Waals surface area contributed by atoms with Gasteiger partial charge in [0.25, 0.3) is 0 Å². The molecular formula is C22H22ClN3O5S. The average molecular weight is 476 g/mol. The largest absolute Gasteiger partial charge is 0.486 e. The highest BCUT2D eigenvalue weighted by Gasteiger charge is 2.33. The lowest BCUT2D eigenvalue weighted by Gasteiger charge is -2.32. The quantitative estimate of drug-likeness (QED) is 0.568. The SMILES string of the molecule is CN1CCN(c2oc(-c3ccc(Cl)cc3)nc2S(=O)(=O)c2ccc3c(c2)OCCO3)CC1. The molecule has 2 aliphatic heterocycles. The highest BCUT2D eigenvalue weighted by Crippen LogP contribution is 2.38. The number of anilines is 1. The Bertz CT molecular complexity index is 1230. The molecule has 1 saturated heterocycles. The number of likely N-dealkylation sites (N-methyl/N-ethyl adjacent to an activating group) is 1. The van der Waals surface area contributed by atoms with Crippen molar-refractivity contribution in [2.75, 3.05) is 51.3 Å². The summed E-state index contributed by atoms with van der Waals surface area (Å²) in [6.07, 6.45) is 0. The Balaban J connectivity index is 1.60. The molecule has 0 saturated carbocycles. The highest BCUT2D eigenvalue weighted by molar-refractivity contribution is 7.91. The third-order valence-electron chi connectivity index (χ3n) is 5.54. The van der Waals surface area contributed by atoms with Gasteiger partial charge in [-0.1, -0.05) is 11.6 Å². The molecule has 5 rings (SSSR count). The molecular weight excluding hydrogens is 454 g/mol. The number of hydrogen-bond acceptors (Lipinski definition) is 8. The Labute approximate surface area is 191 Å². The fraction of sp³-hybridized carbons (Fsp3) is 0.318. The first-order chi connectivity index (χ1) is 15.4. The van der Waals surface area contributed by atoms with Crippen LogP contribution in [-0.2, 0) is 9.84 Å². The fourth-order valence-electron chi connectivity index (χ4n) is 3.70. The van der Waals surface area contributed by atoms with Crippen LogP contribution in [0.3, 0.4) is 0 Å². The van der Waals surface area contributed by atoms with Gasteiger partial charge in [-0.15, -0.1) is 0 Å². The minimum Gasteiger partial charge on any atom is -0.486 e. The predicted molar refractivity (Wildman–Crippen MR) is 120 cm³/mol. The standard InChI is InChI=1S/C22H22ClN3O5S/c1-25-8-10-26(11-9-25)22-21(24-20(31-22)15-2-4-16(23)5-3-15)32(27,28)17-6-7-18-19(14-17)30-13-12-29-18/h2-7,14H,8-13H2,1H3. The van der Waals surface area contributed by atoms with Crippen LogP contribution in [0.25, 0.3) is 11.5 Å². The number of rotatable bonds is 4. The van der Waals surface area contributed by atoms with E-state index in [-0.39, 0.29) is 21.7 Å². The summed E-state index contributed by atoms with van der Waals surface area (Å²) in [6, 6.07) is 11.5. The molecule has 10 heteroatoms. The van der Waals surface area contributed by atoms with Crippen molar-refractivity contribution < 1.29 is 22.3 Å². The maximum absolute atomic E-state index is 13.7. The second-order valence-corrected chi connectivity index (χ2v) is 10.0. The summed E-state index contributed by atoms with van der Waals surface area (Å²) >= 11 is 6.00. The van der Waals surface area contributed by atoms with Crippen molar-refractivity contribution in [2.24, 2.45) is 0 Å². The van der Waals surface area contributed by atoms with Gasteiger partial charge in [0.2, 0.25) is 26.6 Å². The van der Waals surface area contributed by atoms with Crippen LogP contribution < -0.4 is 14.4 Å². The zero-order chi connectivity index (χ0) is 22.3. The van der Waals surface area contributed by atoms with E-state index in [1.54, 1.807) is 30.3 Å². The van der Waals surface area contributed by atoms with Crippen molar-refractivity contribution in [3.05, 3.63) is 47.5 Å². The summed E-state index contributed by atoms with van der Waals surface area (Å²) in [4.78, 5) is 8.63. The third kappa shape index (κ3) is 3.92. The molecule has 32 heavy (non-hydrogen) atoms. The van der Waals surface area contributed by atoms with Gasteiger partial charge in [-0.3, -0.25) is 0 Å². The van der Waals surface area contributed by atoms with Gasteiger partial charge in [0.1, 0.15) is 13.2 Å². The van der Waals surface area contributed by atoms with Crippen molar-refractivity contribution in [1.82, 2.24) is 9.88 Å². The number of aromatic nitrogens is 1. The van der Waals surface area contributed by atoms with Crippen LogP contribution in [0.4, 0.5) is 5.88 Å². The number of nitrogens with zero attached hydrogens (tertiary/aromatic N) is 3. The first-order valence-corrected chi connectivity index (χ1v) is 12.1. The molecule has 2 aliphatic rings. The van der Waals surface area contributed by atoms with E-state index in [1.807, 2.05) is 11.9 Å². The summed E-state index contributed by atoms with van der Waals surface area (Å²) < 4.78 is 44.5. The summed E-state index contributed by atoms with van der Waals surface area (Å²) in [7, 11) is -1.95. The smallest absolute Gasteiger partial charge is 0.236 e. The fourth-order valence-corrected chi connectivity index (χ4v) is 5.16. The summed E-state index contributed by atoms with van der Waals surface area (Å²) in [5.74, 6) is 1.40. The molecule has 0 spiro atoms. The number of ether oxygens (including phenoxy) is 2. The summed E-state index contributed by atoms with van der Waals surface area (Å²) in [5, 5.41) is 0.465. The van der Waals surface area contributed by atoms with Crippen LogP contribution in [0.2, 0.25) is 5.02 Å². The predicted octanol–water partition coefficient (Wildman–Crippen LogP) is 3.35. The second-order valence-electron chi connectivity index (χ2n) is 7.74. The van der Waals surface area contributed by atoms with Gasteiger partial charge in [-0.25, -0.2) is 8.42 Å². The zero-order valence-electron chi connectivity index (χ0n) is 17.5. The van der Waals surface area contributed by atoms with Crippen LogP contribution in [-0.4, -0.2) is 64.7 Å². The van der Waals surface area contributed by atoms with E-state index in [2.05, 4.69) is 9.88 Å². The van der Waals surface area contributed by atoms with Crippen molar-refractivity contribution in [3.63, 3.8) is 0 Å². The molecule has 0 N–H and O–H groups in total. The van der Waals surface area contributed by atoms with Crippen LogP contribution in [0, 0.1) is 0 Å². The van der Waals surface area contributed by atoms with Gasteiger partial charge in [0.15, 0.2) is 11.5 Å². The summed E-state index contributed by atoms with van der Waals surface area (Å²) in [6.45, 7) is 3.65. The van der Waals surface area contributed by atoms with Gasteiger partial charge in [0.05, 0.1) is 4.90 Å². The maximum atomic E-state index is 13.7. The van der Waals surface area contributed by atoms with E-state index < -0.39 is 9.84 Å². The van der Waals surface area contributed by atoms with Crippen molar-refractivity contribution in [3.8, 4) is 23.0 Å². The Morgan fingerprint density at radius 2 is 1.62 bits per heavy atom. The average Bonchev–Trinajstić information content (AvgIpc) is 3.26. The molecule has 0 bridgehead atoms. The van der Waals surface area contributed by atoms with Gasteiger partial charge in [-0.2, -0.15) is 4.98 Å². The number of halogens is 1. The number of sulfone groups is 1. The number of piperazine rings is 1. The molecule has 3 heterocycles. The monoisotopic (exact) mass is 475 g/mol. The number of hydrogen-bond donors (Lipinski definition) is 0. The molecule has 0 amide bonds. The number of fused-ring (bicyclic) bond motifs is 1. The van der Waals surface area contributed by atoms with Crippen molar-refractivity contribution in [1.29, 1.82) is 0 Å². The van der Waals surface area contributed by atoms with Crippen molar-refractivity contribution in [2.45, 2.75) is 9.92 Å². The van der Waals surface area contributed by atoms with Gasteiger partial charge in [0, 0.05) is 42.8 Å². The first-order valence-electron chi connectivity index (χ1n) is 10.3. The third-order valence-corrected chi connectivity index (χ3v) is 7.44.